The zero-order valence-electron chi connectivity index (χ0n) is 11.4. The Labute approximate surface area is 111 Å². The first-order chi connectivity index (χ1) is 9.00. The first kappa shape index (κ1) is 13.3. The van der Waals surface area contributed by atoms with Gasteiger partial charge in [0, 0.05) is 24.7 Å². The number of hydrogen-bond acceptors (Lipinski definition) is 2. The second kappa shape index (κ2) is 5.26. The van der Waals surface area contributed by atoms with E-state index >= 15 is 0 Å². The van der Waals surface area contributed by atoms with Crippen molar-refractivity contribution in [3.05, 3.63) is 68.0 Å². The van der Waals surface area contributed by atoms with Crippen LogP contribution in [0.15, 0.2) is 39.9 Å². The van der Waals surface area contributed by atoms with Crippen molar-refractivity contribution < 1.29 is 0 Å². The first-order valence-electron chi connectivity index (χ1n) is 6.36. The van der Waals surface area contributed by atoms with E-state index in [9.17, 15) is 9.59 Å². The molecular weight excluding hydrogens is 240 g/mol. The van der Waals surface area contributed by atoms with Crippen LogP contribution in [0.3, 0.4) is 0 Å². The highest BCUT2D eigenvalue weighted by Crippen LogP contribution is 2.15. The minimum Gasteiger partial charge on any atom is -0.310 e. The van der Waals surface area contributed by atoms with Gasteiger partial charge in [0.15, 0.2) is 0 Å². The van der Waals surface area contributed by atoms with Crippen LogP contribution in [0.25, 0.3) is 0 Å². The van der Waals surface area contributed by atoms with Gasteiger partial charge >= 0.3 is 5.69 Å². The summed E-state index contributed by atoms with van der Waals surface area (Å²) in [5.41, 5.74) is 1.92. The monoisotopic (exact) mass is 258 g/mol. The zero-order valence-corrected chi connectivity index (χ0v) is 11.4. The summed E-state index contributed by atoms with van der Waals surface area (Å²) >= 11 is 0. The molecule has 0 amide bonds. The van der Waals surface area contributed by atoms with Crippen molar-refractivity contribution in [2.24, 2.45) is 7.05 Å². The van der Waals surface area contributed by atoms with E-state index in [1.54, 1.807) is 0 Å². The molecule has 0 aliphatic rings. The molecule has 2 aromatic rings. The van der Waals surface area contributed by atoms with E-state index in [1.165, 1.54) is 7.05 Å². The highest BCUT2D eigenvalue weighted by molar-refractivity contribution is 5.28. The Morgan fingerprint density at radius 3 is 2.37 bits per heavy atom. The molecule has 0 saturated heterocycles. The fourth-order valence-electron chi connectivity index (χ4n) is 2.22. The summed E-state index contributed by atoms with van der Waals surface area (Å²) in [7, 11) is 1.50. The van der Waals surface area contributed by atoms with E-state index in [-0.39, 0.29) is 17.2 Å². The predicted octanol–water partition coefficient (Wildman–Crippen LogP) is 1.79. The molecule has 0 bridgehead atoms. The van der Waals surface area contributed by atoms with E-state index < -0.39 is 0 Å². The van der Waals surface area contributed by atoms with Crippen LogP contribution < -0.4 is 11.2 Å². The third kappa shape index (κ3) is 2.67. The minimum atomic E-state index is -0.361. The summed E-state index contributed by atoms with van der Waals surface area (Å²) in [6, 6.07) is 9.81. The van der Waals surface area contributed by atoms with Crippen molar-refractivity contribution in [2.45, 2.75) is 26.2 Å². The van der Waals surface area contributed by atoms with E-state index in [1.807, 2.05) is 44.2 Å². The number of aromatic nitrogens is 2. The van der Waals surface area contributed by atoms with Gasteiger partial charge in [-0.2, -0.15) is 0 Å². The summed E-state index contributed by atoms with van der Waals surface area (Å²) < 4.78 is 1.13. The standard InChI is InChI=1S/C15H18N2O2/c1-10(2)13-12(9-11-7-5-4-6-8-11)16-15(19)17(3)14(13)18/h4-8,10H,9H2,1-3H3,(H,16,19). The van der Waals surface area contributed by atoms with Crippen molar-refractivity contribution in [2.75, 3.05) is 0 Å². The van der Waals surface area contributed by atoms with Gasteiger partial charge in [-0.25, -0.2) is 4.79 Å². The number of H-pyrrole nitrogens is 1. The number of benzene rings is 1. The number of aromatic amines is 1. The molecule has 0 aliphatic carbocycles. The molecule has 100 valence electrons. The van der Waals surface area contributed by atoms with Crippen LogP contribution >= 0.6 is 0 Å². The quantitative estimate of drug-likeness (QED) is 0.912. The van der Waals surface area contributed by atoms with E-state index in [0.717, 1.165) is 10.1 Å². The normalized spacial score (nSPS) is 10.9. The molecule has 0 fully saturated rings. The Bertz CT molecular complexity index is 682. The number of hydrogen-bond donors (Lipinski definition) is 1. The molecule has 0 aliphatic heterocycles. The average Bonchev–Trinajstić information content (AvgIpc) is 2.37. The second-order valence-corrected chi connectivity index (χ2v) is 5.00. The summed E-state index contributed by atoms with van der Waals surface area (Å²) in [6.45, 7) is 3.92. The van der Waals surface area contributed by atoms with E-state index in [0.29, 0.717) is 17.7 Å². The second-order valence-electron chi connectivity index (χ2n) is 5.00. The molecule has 0 saturated carbocycles. The van der Waals surface area contributed by atoms with E-state index in [2.05, 4.69) is 4.98 Å². The van der Waals surface area contributed by atoms with Gasteiger partial charge in [0.1, 0.15) is 0 Å². The maximum atomic E-state index is 12.2. The summed E-state index contributed by atoms with van der Waals surface area (Å²) in [4.78, 5) is 26.7. The van der Waals surface area contributed by atoms with Gasteiger partial charge in [-0.15, -0.1) is 0 Å². The van der Waals surface area contributed by atoms with Gasteiger partial charge in [-0.05, 0) is 11.5 Å². The first-order valence-corrected chi connectivity index (χ1v) is 6.36. The molecule has 1 N–H and O–H groups in total. The van der Waals surface area contributed by atoms with Gasteiger partial charge < -0.3 is 4.98 Å². The van der Waals surface area contributed by atoms with Gasteiger partial charge in [-0.1, -0.05) is 44.2 Å². The third-order valence-electron chi connectivity index (χ3n) is 3.22. The summed E-state index contributed by atoms with van der Waals surface area (Å²) in [5.74, 6) is 0.0780. The molecule has 1 heterocycles. The van der Waals surface area contributed by atoms with Crippen molar-refractivity contribution in [1.29, 1.82) is 0 Å². The molecule has 1 aromatic heterocycles. The lowest BCUT2D eigenvalue weighted by atomic mass is 9.98. The molecule has 1 aromatic carbocycles. The number of nitrogens with zero attached hydrogens (tertiary/aromatic N) is 1. The fraction of sp³-hybridized carbons (Fsp3) is 0.333. The van der Waals surface area contributed by atoms with Crippen LogP contribution in [0.1, 0.15) is 36.6 Å². The van der Waals surface area contributed by atoms with Crippen molar-refractivity contribution in [1.82, 2.24) is 9.55 Å². The topological polar surface area (TPSA) is 54.9 Å². The molecule has 0 atom stereocenters. The zero-order chi connectivity index (χ0) is 14.0. The Kier molecular flexibility index (Phi) is 3.69. The smallest absolute Gasteiger partial charge is 0.310 e. The lowest BCUT2D eigenvalue weighted by Gasteiger charge is -2.13. The van der Waals surface area contributed by atoms with Gasteiger partial charge in [0.2, 0.25) is 0 Å². The SMILES string of the molecule is CC(C)c1c(Cc2ccccc2)[nH]c(=O)n(C)c1=O. The Morgan fingerprint density at radius 1 is 1.16 bits per heavy atom. The molecule has 0 spiro atoms. The van der Waals surface area contributed by atoms with Crippen molar-refractivity contribution >= 4 is 0 Å². The maximum Gasteiger partial charge on any atom is 0.328 e. The Hall–Kier alpha value is -2.10. The van der Waals surface area contributed by atoms with Gasteiger partial charge in [0.05, 0.1) is 0 Å². The van der Waals surface area contributed by atoms with Crippen molar-refractivity contribution in [3.63, 3.8) is 0 Å². The summed E-state index contributed by atoms with van der Waals surface area (Å²) in [6.07, 6.45) is 0.569. The Balaban J connectivity index is 2.57. The van der Waals surface area contributed by atoms with Crippen LogP contribution in [-0.2, 0) is 13.5 Å². The van der Waals surface area contributed by atoms with Crippen LogP contribution in [0, 0.1) is 0 Å². The number of rotatable bonds is 3. The fourth-order valence-corrected chi connectivity index (χ4v) is 2.22. The average molecular weight is 258 g/mol. The number of nitrogens with one attached hydrogen (secondary N) is 1. The third-order valence-corrected chi connectivity index (χ3v) is 3.22. The lowest BCUT2D eigenvalue weighted by Crippen LogP contribution is -2.37. The van der Waals surface area contributed by atoms with Gasteiger partial charge in [-0.3, -0.25) is 9.36 Å². The highest BCUT2D eigenvalue weighted by atomic mass is 16.2. The lowest BCUT2D eigenvalue weighted by molar-refractivity contribution is 0.702. The molecule has 19 heavy (non-hydrogen) atoms. The predicted molar refractivity (Wildman–Crippen MR) is 75.6 cm³/mol. The highest BCUT2D eigenvalue weighted by Gasteiger charge is 2.15. The van der Waals surface area contributed by atoms with Crippen LogP contribution in [0.2, 0.25) is 0 Å². The van der Waals surface area contributed by atoms with E-state index in [4.69, 9.17) is 0 Å². The largest absolute Gasteiger partial charge is 0.328 e. The minimum absolute atomic E-state index is 0.0780. The summed E-state index contributed by atoms with van der Waals surface area (Å²) in [5, 5.41) is 0. The molecule has 0 unspecified atom stereocenters. The van der Waals surface area contributed by atoms with Crippen LogP contribution in [-0.4, -0.2) is 9.55 Å². The Morgan fingerprint density at radius 2 is 1.79 bits per heavy atom. The molecule has 4 nitrogen and oxygen atoms in total. The molecule has 0 radical (unpaired) electrons. The molecule has 2 rings (SSSR count). The van der Waals surface area contributed by atoms with Crippen molar-refractivity contribution in [3.8, 4) is 0 Å². The maximum absolute atomic E-state index is 12.2. The van der Waals surface area contributed by atoms with Gasteiger partial charge in [0.25, 0.3) is 5.56 Å². The molecular formula is C15H18N2O2. The van der Waals surface area contributed by atoms with Crippen LogP contribution in [0.4, 0.5) is 0 Å². The van der Waals surface area contributed by atoms with Crippen LogP contribution in [0.5, 0.6) is 0 Å². The molecule has 4 heteroatoms.